The van der Waals surface area contributed by atoms with Gasteiger partial charge in [0.2, 0.25) is 0 Å². The highest BCUT2D eigenvalue weighted by Crippen LogP contribution is 2.19. The molecule has 0 aliphatic heterocycles. The van der Waals surface area contributed by atoms with Gasteiger partial charge in [-0.15, -0.1) is 0 Å². The summed E-state index contributed by atoms with van der Waals surface area (Å²) < 4.78 is 0. The Hall–Kier alpha value is -0.970. The topological polar surface area (TPSA) is 49.8 Å². The van der Waals surface area contributed by atoms with E-state index in [0.29, 0.717) is 0 Å². The van der Waals surface area contributed by atoms with E-state index in [-0.39, 0.29) is 5.54 Å². The average Bonchev–Trinajstić information content (AvgIpc) is 2.23. The van der Waals surface area contributed by atoms with Gasteiger partial charge in [-0.3, -0.25) is 0 Å². The molecule has 0 amide bonds. The first-order valence-corrected chi connectivity index (χ1v) is 7.12. The Labute approximate surface area is 108 Å². The molecule has 1 aromatic rings. The molecule has 0 aliphatic rings. The number of anilines is 2. The maximum Gasteiger partial charge on any atom is 0.191 e. The molecule has 0 spiro atoms. The minimum absolute atomic E-state index is 0.00601. The standard InChI is InChI=1S/C12H22N4S/c1-6-7-13-9-8-10(16-12(2,3)4)15-11(14-9)17-5/h8H,6-7H2,1-5H3,(H2,13,14,15,16). The summed E-state index contributed by atoms with van der Waals surface area (Å²) in [5.74, 6) is 1.76. The highest BCUT2D eigenvalue weighted by Gasteiger charge is 2.12. The van der Waals surface area contributed by atoms with Crippen molar-refractivity contribution in [1.82, 2.24) is 9.97 Å². The Morgan fingerprint density at radius 2 is 1.88 bits per heavy atom. The van der Waals surface area contributed by atoms with E-state index in [2.05, 4.69) is 48.3 Å². The minimum atomic E-state index is 0.00601. The minimum Gasteiger partial charge on any atom is -0.370 e. The fourth-order valence-corrected chi connectivity index (χ4v) is 1.69. The molecule has 4 nitrogen and oxygen atoms in total. The summed E-state index contributed by atoms with van der Waals surface area (Å²) in [6.07, 6.45) is 3.07. The molecule has 0 unspecified atom stereocenters. The second-order valence-corrected chi connectivity index (χ2v) is 5.70. The first kappa shape index (κ1) is 14.1. The summed E-state index contributed by atoms with van der Waals surface area (Å²) in [6, 6.07) is 1.96. The van der Waals surface area contributed by atoms with Gasteiger partial charge in [0.25, 0.3) is 0 Å². The van der Waals surface area contributed by atoms with Crippen molar-refractivity contribution in [3.05, 3.63) is 6.07 Å². The van der Waals surface area contributed by atoms with Crippen LogP contribution >= 0.6 is 11.8 Å². The lowest BCUT2D eigenvalue weighted by Gasteiger charge is -2.21. The number of hydrogen-bond donors (Lipinski definition) is 2. The van der Waals surface area contributed by atoms with Gasteiger partial charge >= 0.3 is 0 Å². The van der Waals surface area contributed by atoms with Crippen LogP contribution in [0.1, 0.15) is 34.1 Å². The summed E-state index contributed by atoms with van der Waals surface area (Å²) >= 11 is 1.55. The Kier molecular flexibility index (Phi) is 5.05. The van der Waals surface area contributed by atoms with Gasteiger partial charge in [-0.2, -0.15) is 0 Å². The van der Waals surface area contributed by atoms with Crippen molar-refractivity contribution in [2.45, 2.75) is 44.8 Å². The number of hydrogen-bond acceptors (Lipinski definition) is 5. The third kappa shape index (κ3) is 5.26. The zero-order valence-corrected chi connectivity index (χ0v) is 12.1. The Morgan fingerprint density at radius 1 is 1.24 bits per heavy atom. The van der Waals surface area contributed by atoms with Crippen LogP contribution < -0.4 is 10.6 Å². The molecule has 0 bridgehead atoms. The normalized spacial score (nSPS) is 11.4. The van der Waals surface area contributed by atoms with Crippen LogP contribution in [0.3, 0.4) is 0 Å². The van der Waals surface area contributed by atoms with Gasteiger partial charge in [0.05, 0.1) is 0 Å². The summed E-state index contributed by atoms with van der Waals surface area (Å²) in [5.41, 5.74) is 0.00601. The lowest BCUT2D eigenvalue weighted by atomic mass is 10.1. The van der Waals surface area contributed by atoms with E-state index in [9.17, 15) is 0 Å². The zero-order valence-electron chi connectivity index (χ0n) is 11.3. The molecule has 5 heteroatoms. The molecule has 1 rings (SSSR count). The lowest BCUT2D eigenvalue weighted by Crippen LogP contribution is -2.27. The van der Waals surface area contributed by atoms with Gasteiger partial charge in [-0.05, 0) is 33.4 Å². The summed E-state index contributed by atoms with van der Waals surface area (Å²) in [4.78, 5) is 8.87. The first-order chi connectivity index (χ1) is 7.94. The summed E-state index contributed by atoms with van der Waals surface area (Å²) in [6.45, 7) is 9.42. The molecular formula is C12H22N4S. The first-order valence-electron chi connectivity index (χ1n) is 5.89. The van der Waals surface area contributed by atoms with Crippen molar-refractivity contribution in [2.24, 2.45) is 0 Å². The Morgan fingerprint density at radius 3 is 2.41 bits per heavy atom. The van der Waals surface area contributed by atoms with Crippen molar-refractivity contribution in [3.63, 3.8) is 0 Å². The van der Waals surface area contributed by atoms with Gasteiger partial charge in [-0.1, -0.05) is 18.7 Å². The van der Waals surface area contributed by atoms with Crippen LogP contribution in [0.4, 0.5) is 11.6 Å². The van der Waals surface area contributed by atoms with Crippen LogP contribution in [0.2, 0.25) is 0 Å². The molecular weight excluding hydrogens is 232 g/mol. The lowest BCUT2D eigenvalue weighted by molar-refractivity contribution is 0.628. The van der Waals surface area contributed by atoms with Crippen molar-refractivity contribution in [2.75, 3.05) is 23.4 Å². The molecule has 17 heavy (non-hydrogen) atoms. The number of nitrogens with zero attached hydrogens (tertiary/aromatic N) is 2. The van der Waals surface area contributed by atoms with Gasteiger partial charge in [-0.25, -0.2) is 9.97 Å². The molecule has 0 aliphatic carbocycles. The van der Waals surface area contributed by atoms with Crippen LogP contribution in [0, 0.1) is 0 Å². The monoisotopic (exact) mass is 254 g/mol. The molecule has 0 atom stereocenters. The smallest absolute Gasteiger partial charge is 0.191 e. The second-order valence-electron chi connectivity index (χ2n) is 4.93. The third-order valence-electron chi connectivity index (χ3n) is 1.95. The van der Waals surface area contributed by atoms with Crippen LogP contribution in [-0.4, -0.2) is 28.3 Å². The van der Waals surface area contributed by atoms with Gasteiger partial charge in [0.15, 0.2) is 5.16 Å². The van der Waals surface area contributed by atoms with E-state index < -0.39 is 0 Å². The van der Waals surface area contributed by atoms with Gasteiger partial charge in [0, 0.05) is 18.2 Å². The quantitative estimate of drug-likeness (QED) is 0.624. The van der Waals surface area contributed by atoms with E-state index in [1.54, 1.807) is 11.8 Å². The predicted octanol–water partition coefficient (Wildman–Crippen LogP) is 3.23. The highest BCUT2D eigenvalue weighted by molar-refractivity contribution is 7.98. The van der Waals surface area contributed by atoms with Crippen molar-refractivity contribution in [3.8, 4) is 0 Å². The van der Waals surface area contributed by atoms with Crippen molar-refractivity contribution >= 4 is 23.4 Å². The predicted molar refractivity (Wildman–Crippen MR) is 76.0 cm³/mol. The van der Waals surface area contributed by atoms with E-state index in [4.69, 9.17) is 0 Å². The van der Waals surface area contributed by atoms with Gasteiger partial charge < -0.3 is 10.6 Å². The van der Waals surface area contributed by atoms with Crippen molar-refractivity contribution < 1.29 is 0 Å². The zero-order chi connectivity index (χ0) is 12.9. The molecule has 1 aromatic heterocycles. The molecule has 0 saturated heterocycles. The number of aromatic nitrogens is 2. The van der Waals surface area contributed by atoms with Crippen molar-refractivity contribution in [1.29, 1.82) is 0 Å². The largest absolute Gasteiger partial charge is 0.370 e. The molecule has 2 N–H and O–H groups in total. The Bertz CT molecular complexity index is 360. The van der Waals surface area contributed by atoms with E-state index in [1.807, 2.05) is 12.3 Å². The molecule has 0 fully saturated rings. The molecule has 0 saturated carbocycles. The number of thioether (sulfide) groups is 1. The SMILES string of the molecule is CCCNc1cc(NC(C)(C)C)nc(SC)n1. The van der Waals surface area contributed by atoms with Crippen LogP contribution in [0.25, 0.3) is 0 Å². The van der Waals surface area contributed by atoms with Crippen LogP contribution in [0.15, 0.2) is 11.2 Å². The van der Waals surface area contributed by atoms with E-state index >= 15 is 0 Å². The number of nitrogens with one attached hydrogen (secondary N) is 2. The molecule has 96 valence electrons. The Balaban J connectivity index is 2.88. The number of rotatable bonds is 5. The molecule has 0 aromatic carbocycles. The average molecular weight is 254 g/mol. The third-order valence-corrected chi connectivity index (χ3v) is 2.50. The van der Waals surface area contributed by atoms with Crippen LogP contribution in [0.5, 0.6) is 0 Å². The maximum atomic E-state index is 4.45. The van der Waals surface area contributed by atoms with Crippen LogP contribution in [-0.2, 0) is 0 Å². The second kappa shape index (κ2) is 6.10. The van der Waals surface area contributed by atoms with Gasteiger partial charge in [0.1, 0.15) is 11.6 Å². The summed E-state index contributed by atoms with van der Waals surface area (Å²) in [7, 11) is 0. The molecule has 0 radical (unpaired) electrons. The van der Waals surface area contributed by atoms with E-state index in [1.165, 1.54) is 0 Å². The summed E-state index contributed by atoms with van der Waals surface area (Å²) in [5, 5.41) is 7.45. The van der Waals surface area contributed by atoms with E-state index in [0.717, 1.165) is 29.8 Å². The fourth-order valence-electron chi connectivity index (χ4n) is 1.31. The fraction of sp³-hybridized carbons (Fsp3) is 0.667. The molecule has 1 heterocycles. The highest BCUT2D eigenvalue weighted by atomic mass is 32.2. The maximum absolute atomic E-state index is 4.45.